The van der Waals surface area contributed by atoms with Crippen molar-refractivity contribution in [1.29, 1.82) is 5.26 Å². The molecule has 0 spiro atoms. The number of amides is 2. The summed E-state index contributed by atoms with van der Waals surface area (Å²) < 4.78 is 15.6. The van der Waals surface area contributed by atoms with E-state index in [2.05, 4.69) is 36.6 Å². The van der Waals surface area contributed by atoms with E-state index in [0.29, 0.717) is 16.7 Å². The van der Waals surface area contributed by atoms with E-state index in [0.717, 1.165) is 4.68 Å². The Balaban J connectivity index is 2.05. The molecule has 0 aliphatic carbocycles. The highest BCUT2D eigenvalue weighted by Gasteiger charge is 2.22. The summed E-state index contributed by atoms with van der Waals surface area (Å²) in [6, 6.07) is 9.00. The molecule has 3 aromatic rings. The second-order valence-corrected chi connectivity index (χ2v) is 7.03. The number of nitrogens with one attached hydrogen (secondary N) is 2. The topological polar surface area (TPSA) is 113 Å². The summed E-state index contributed by atoms with van der Waals surface area (Å²) >= 11 is 3.19. The Bertz CT molecular complexity index is 1180. The lowest BCUT2D eigenvalue weighted by Crippen LogP contribution is -2.26. The summed E-state index contributed by atoms with van der Waals surface area (Å²) in [5, 5.41) is 18.6. The number of nitriles is 1. The molecule has 0 saturated carbocycles. The fraction of sp³-hybridized carbons (Fsp3) is 0.150. The predicted molar refractivity (Wildman–Crippen MR) is 111 cm³/mol. The van der Waals surface area contributed by atoms with E-state index in [9.17, 15) is 19.2 Å². The first-order valence-electron chi connectivity index (χ1n) is 8.86. The number of rotatable bonds is 5. The maximum absolute atomic E-state index is 14.2. The van der Waals surface area contributed by atoms with Crippen LogP contribution in [-0.2, 0) is 0 Å². The van der Waals surface area contributed by atoms with E-state index in [1.807, 2.05) is 6.07 Å². The van der Waals surface area contributed by atoms with Crippen molar-refractivity contribution in [2.75, 3.05) is 11.9 Å². The fourth-order valence-electron chi connectivity index (χ4n) is 2.84. The molecule has 8 nitrogen and oxygen atoms in total. The lowest BCUT2D eigenvalue weighted by Gasteiger charge is -2.15. The summed E-state index contributed by atoms with van der Waals surface area (Å²) in [5.74, 6) is -1.86. The Labute approximate surface area is 179 Å². The van der Waals surface area contributed by atoms with Gasteiger partial charge in [0.1, 0.15) is 10.3 Å². The maximum atomic E-state index is 14.2. The molecule has 0 radical (unpaired) electrons. The Morgan fingerprint density at radius 2 is 2.07 bits per heavy atom. The van der Waals surface area contributed by atoms with Gasteiger partial charge in [0.2, 0.25) is 0 Å². The van der Waals surface area contributed by atoms with E-state index >= 15 is 0 Å². The van der Waals surface area contributed by atoms with Crippen molar-refractivity contribution in [3.05, 3.63) is 69.3 Å². The van der Waals surface area contributed by atoms with Crippen LogP contribution in [0, 0.1) is 24.1 Å². The minimum Gasteiger partial charge on any atom is -0.352 e. The van der Waals surface area contributed by atoms with Crippen molar-refractivity contribution >= 4 is 33.4 Å². The van der Waals surface area contributed by atoms with Crippen LogP contribution in [0.15, 0.2) is 41.1 Å². The quantitative estimate of drug-likeness (QED) is 0.593. The summed E-state index contributed by atoms with van der Waals surface area (Å²) in [5.41, 5.74) is 1.21. The zero-order chi connectivity index (χ0) is 21.8. The van der Waals surface area contributed by atoms with E-state index < -0.39 is 17.6 Å². The number of carbonyl (C=O) groups excluding carboxylic acids is 2. The van der Waals surface area contributed by atoms with Gasteiger partial charge in [-0.2, -0.15) is 10.4 Å². The molecular weight excluding hydrogens is 455 g/mol. The zero-order valence-corrected chi connectivity index (χ0v) is 17.6. The monoisotopic (exact) mass is 470 g/mol. The third-order valence-corrected chi connectivity index (χ3v) is 4.52. The standard InChI is InChI=1S/C20H16BrFN6O2/c1-3-24-19(29)13-8-12(10-23)7-11(2)17(13)26-20(30)15-9-16(21)27-28(15)18-14(22)5-4-6-25-18/h4-9H,3H2,1-2H3,(H,24,29)(H,26,30). The molecule has 152 valence electrons. The average molecular weight is 471 g/mol. The number of aryl methyl sites for hydroxylation is 1. The largest absolute Gasteiger partial charge is 0.352 e. The molecule has 2 N–H and O–H groups in total. The van der Waals surface area contributed by atoms with E-state index in [-0.39, 0.29) is 28.3 Å². The number of anilines is 1. The Kier molecular flexibility index (Phi) is 6.23. The number of hydrogen-bond acceptors (Lipinski definition) is 5. The van der Waals surface area contributed by atoms with Crippen molar-refractivity contribution in [2.45, 2.75) is 13.8 Å². The van der Waals surface area contributed by atoms with Gasteiger partial charge in [0.15, 0.2) is 11.6 Å². The van der Waals surface area contributed by atoms with Crippen LogP contribution in [0.2, 0.25) is 0 Å². The van der Waals surface area contributed by atoms with Crippen molar-refractivity contribution in [1.82, 2.24) is 20.1 Å². The molecule has 0 saturated heterocycles. The third-order valence-electron chi connectivity index (χ3n) is 4.14. The van der Waals surface area contributed by atoms with E-state index in [1.165, 1.54) is 30.5 Å². The molecule has 0 aliphatic heterocycles. The van der Waals surface area contributed by atoms with Gasteiger partial charge >= 0.3 is 0 Å². The highest BCUT2D eigenvalue weighted by Crippen LogP contribution is 2.25. The van der Waals surface area contributed by atoms with Crippen LogP contribution in [-0.4, -0.2) is 33.1 Å². The molecule has 0 fully saturated rings. The van der Waals surface area contributed by atoms with Crippen molar-refractivity contribution < 1.29 is 14.0 Å². The van der Waals surface area contributed by atoms with Crippen molar-refractivity contribution in [3.8, 4) is 11.9 Å². The first-order chi connectivity index (χ1) is 14.3. The maximum Gasteiger partial charge on any atom is 0.274 e. The molecule has 10 heteroatoms. The van der Waals surface area contributed by atoms with E-state index in [4.69, 9.17) is 0 Å². The van der Waals surface area contributed by atoms with Crippen LogP contribution in [0.5, 0.6) is 0 Å². The summed E-state index contributed by atoms with van der Waals surface area (Å²) in [4.78, 5) is 29.5. The van der Waals surface area contributed by atoms with Crippen LogP contribution in [0.4, 0.5) is 10.1 Å². The zero-order valence-electron chi connectivity index (χ0n) is 16.0. The van der Waals surface area contributed by atoms with Gasteiger partial charge in [-0.15, -0.1) is 0 Å². The summed E-state index contributed by atoms with van der Waals surface area (Å²) in [7, 11) is 0. The molecule has 30 heavy (non-hydrogen) atoms. The van der Waals surface area contributed by atoms with Gasteiger partial charge < -0.3 is 10.6 Å². The Morgan fingerprint density at radius 3 is 2.73 bits per heavy atom. The number of benzene rings is 1. The fourth-order valence-corrected chi connectivity index (χ4v) is 3.21. The number of carbonyl (C=O) groups is 2. The highest BCUT2D eigenvalue weighted by atomic mass is 79.9. The molecular formula is C20H16BrFN6O2. The summed E-state index contributed by atoms with van der Waals surface area (Å²) in [6.07, 6.45) is 1.38. The first kappa shape index (κ1) is 21.1. The normalized spacial score (nSPS) is 10.4. The average Bonchev–Trinajstić information content (AvgIpc) is 3.11. The van der Waals surface area contributed by atoms with Crippen LogP contribution in [0.25, 0.3) is 5.82 Å². The van der Waals surface area contributed by atoms with Crippen LogP contribution < -0.4 is 10.6 Å². The van der Waals surface area contributed by atoms with Gasteiger partial charge in [0.05, 0.1) is 22.9 Å². The molecule has 2 aromatic heterocycles. The summed E-state index contributed by atoms with van der Waals surface area (Å²) in [6.45, 7) is 3.81. The smallest absolute Gasteiger partial charge is 0.274 e. The van der Waals surface area contributed by atoms with Crippen LogP contribution in [0.3, 0.4) is 0 Å². The third kappa shape index (κ3) is 4.21. The second kappa shape index (κ2) is 8.84. The highest BCUT2D eigenvalue weighted by molar-refractivity contribution is 9.10. The molecule has 0 unspecified atom stereocenters. The molecule has 0 bridgehead atoms. The van der Waals surface area contributed by atoms with Gasteiger partial charge in [0, 0.05) is 18.8 Å². The van der Waals surface area contributed by atoms with Crippen LogP contribution in [0.1, 0.15) is 38.9 Å². The molecule has 3 rings (SSSR count). The lowest BCUT2D eigenvalue weighted by molar-refractivity contribution is 0.0956. The molecule has 2 amide bonds. The molecule has 0 atom stereocenters. The Hall–Kier alpha value is -3.58. The number of nitrogens with zero attached hydrogens (tertiary/aromatic N) is 4. The Morgan fingerprint density at radius 1 is 1.30 bits per heavy atom. The first-order valence-corrected chi connectivity index (χ1v) is 9.65. The number of pyridine rings is 1. The van der Waals surface area contributed by atoms with Gasteiger partial charge in [-0.3, -0.25) is 9.59 Å². The van der Waals surface area contributed by atoms with Crippen molar-refractivity contribution in [3.63, 3.8) is 0 Å². The predicted octanol–water partition coefficient (Wildman–Crippen LogP) is 3.35. The second-order valence-electron chi connectivity index (χ2n) is 6.21. The SMILES string of the molecule is CCNC(=O)c1cc(C#N)cc(C)c1NC(=O)c1cc(Br)nn1-c1ncccc1F. The minimum absolute atomic E-state index is 0.00471. The van der Waals surface area contributed by atoms with E-state index in [1.54, 1.807) is 19.9 Å². The van der Waals surface area contributed by atoms with Gasteiger partial charge in [-0.25, -0.2) is 14.1 Å². The van der Waals surface area contributed by atoms with Gasteiger partial charge in [-0.1, -0.05) is 0 Å². The number of aromatic nitrogens is 3. The van der Waals surface area contributed by atoms with Gasteiger partial charge in [0.25, 0.3) is 11.8 Å². The van der Waals surface area contributed by atoms with Crippen LogP contribution >= 0.6 is 15.9 Å². The van der Waals surface area contributed by atoms with Gasteiger partial charge in [-0.05, 0) is 59.6 Å². The molecule has 1 aromatic carbocycles. The lowest BCUT2D eigenvalue weighted by atomic mass is 10.0. The molecule has 0 aliphatic rings. The minimum atomic E-state index is -0.653. The number of halogens is 2. The van der Waals surface area contributed by atoms with Crippen molar-refractivity contribution in [2.24, 2.45) is 0 Å². The molecule has 2 heterocycles. The number of hydrogen-bond donors (Lipinski definition) is 2.